The second-order valence-electron chi connectivity index (χ2n) is 7.31. The highest BCUT2D eigenvalue weighted by molar-refractivity contribution is 7.20. The number of carboxylic acids is 1. The molecule has 0 aliphatic heterocycles. The lowest BCUT2D eigenvalue weighted by Gasteiger charge is -2.25. The van der Waals surface area contributed by atoms with Gasteiger partial charge in [0.1, 0.15) is 33.8 Å². The fraction of sp³-hybridized carbons (Fsp3) is 0.381. The quantitative estimate of drug-likeness (QED) is 0.185. The van der Waals surface area contributed by atoms with Crippen LogP contribution >= 0.6 is 22.9 Å². The highest BCUT2D eigenvalue weighted by atomic mass is 35.5. The monoisotopic (exact) mass is 515 g/mol. The molecule has 2 heterocycles. The third kappa shape index (κ3) is 7.55. The molecule has 0 saturated heterocycles. The molecule has 2 aromatic heterocycles. The number of aromatic carboxylic acids is 1. The molecule has 0 spiro atoms. The summed E-state index contributed by atoms with van der Waals surface area (Å²) in [5.41, 5.74) is 0.584. The summed E-state index contributed by atoms with van der Waals surface area (Å²) in [6, 6.07) is 8.61. The van der Waals surface area contributed by atoms with Gasteiger partial charge in [0, 0.05) is 18.0 Å². The molecule has 0 saturated carbocycles. The molecular weight excluding hydrogens is 490 g/mol. The van der Waals surface area contributed by atoms with Gasteiger partial charge in [-0.3, -0.25) is 4.79 Å². The van der Waals surface area contributed by atoms with Crippen LogP contribution in [0.5, 0.6) is 0 Å². The molecule has 11 nitrogen and oxygen atoms in total. The number of fused-ring (bicyclic) bond motifs is 1. The van der Waals surface area contributed by atoms with Gasteiger partial charge in [-0.1, -0.05) is 23.7 Å². The van der Waals surface area contributed by atoms with Gasteiger partial charge in [0.25, 0.3) is 5.56 Å². The van der Waals surface area contributed by atoms with Crippen molar-refractivity contribution < 1.29 is 35.4 Å². The Morgan fingerprint density at radius 3 is 2.44 bits per heavy atom. The van der Waals surface area contributed by atoms with Gasteiger partial charge in [0.15, 0.2) is 0 Å². The van der Waals surface area contributed by atoms with Crippen molar-refractivity contribution in [3.05, 3.63) is 62.0 Å². The van der Waals surface area contributed by atoms with Crippen molar-refractivity contribution in [1.82, 2.24) is 15.3 Å². The summed E-state index contributed by atoms with van der Waals surface area (Å²) in [6.45, 7) is -0.569. The number of aromatic nitrogens is 2. The predicted octanol–water partition coefficient (Wildman–Crippen LogP) is -0.431. The first-order valence-corrected chi connectivity index (χ1v) is 11.2. The van der Waals surface area contributed by atoms with E-state index in [0.717, 1.165) is 16.9 Å². The number of H-pyrrole nitrogens is 1. The van der Waals surface area contributed by atoms with Crippen molar-refractivity contribution in [3.8, 4) is 0 Å². The van der Waals surface area contributed by atoms with E-state index in [-0.39, 0.29) is 17.0 Å². The van der Waals surface area contributed by atoms with Crippen molar-refractivity contribution in [3.63, 3.8) is 0 Å². The normalized spacial score (nSPS) is 14.7. The summed E-state index contributed by atoms with van der Waals surface area (Å²) < 4.78 is 0. The molecule has 0 aliphatic rings. The van der Waals surface area contributed by atoms with E-state index < -0.39 is 37.0 Å². The third-order valence-electron chi connectivity index (χ3n) is 4.66. The van der Waals surface area contributed by atoms with Gasteiger partial charge < -0.3 is 40.9 Å². The average molecular weight is 516 g/mol. The number of carbonyl (C=O) groups is 1. The maximum absolute atomic E-state index is 12.0. The van der Waals surface area contributed by atoms with Gasteiger partial charge in [-0.25, -0.2) is 9.78 Å². The van der Waals surface area contributed by atoms with E-state index in [1.165, 1.54) is 6.07 Å². The van der Waals surface area contributed by atoms with E-state index in [0.29, 0.717) is 27.5 Å². The van der Waals surface area contributed by atoms with Crippen LogP contribution in [0, 0.1) is 0 Å². The summed E-state index contributed by atoms with van der Waals surface area (Å²) in [6.07, 6.45) is -5.22. The van der Waals surface area contributed by atoms with Crippen molar-refractivity contribution in [1.29, 1.82) is 0 Å². The first kappa shape index (κ1) is 27.8. The Morgan fingerprint density at radius 2 is 1.85 bits per heavy atom. The van der Waals surface area contributed by atoms with Crippen LogP contribution in [-0.2, 0) is 6.42 Å². The van der Waals surface area contributed by atoms with Crippen molar-refractivity contribution in [2.45, 2.75) is 30.8 Å². The van der Waals surface area contributed by atoms with Crippen LogP contribution in [0.15, 0.2) is 35.1 Å². The Balaban J connectivity index is 0.000000273. The molecule has 186 valence electrons. The number of halogens is 1. The highest BCUT2D eigenvalue weighted by Crippen LogP contribution is 2.21. The molecule has 0 fully saturated rings. The molecule has 1 aromatic carbocycles. The first-order chi connectivity index (χ1) is 16.1. The Morgan fingerprint density at radius 1 is 1.18 bits per heavy atom. The molecule has 3 aromatic rings. The minimum absolute atomic E-state index is 0.0936. The van der Waals surface area contributed by atoms with Gasteiger partial charge in [-0.15, -0.1) is 11.3 Å². The molecule has 0 radical (unpaired) electrons. The van der Waals surface area contributed by atoms with Crippen LogP contribution in [0.2, 0.25) is 5.02 Å². The van der Waals surface area contributed by atoms with Crippen LogP contribution < -0.4 is 10.9 Å². The third-order valence-corrected chi connectivity index (χ3v) is 5.91. The fourth-order valence-corrected chi connectivity index (χ4v) is 4.00. The van der Waals surface area contributed by atoms with E-state index in [9.17, 15) is 14.7 Å². The Kier molecular flexibility index (Phi) is 10.5. The minimum atomic E-state index is -1.55. The number of aromatic amines is 1. The number of nitrogens with one attached hydrogen (secondary N) is 2. The largest absolute Gasteiger partial charge is 0.477 e. The van der Waals surface area contributed by atoms with Gasteiger partial charge >= 0.3 is 5.97 Å². The van der Waals surface area contributed by atoms with E-state index in [4.69, 9.17) is 37.1 Å². The number of benzene rings is 1. The smallest absolute Gasteiger partial charge is 0.345 e. The Bertz CT molecular complexity index is 1150. The lowest BCUT2D eigenvalue weighted by atomic mass is 10.0. The van der Waals surface area contributed by atoms with Gasteiger partial charge in [-0.2, -0.15) is 0 Å². The zero-order chi connectivity index (χ0) is 25.4. The standard InChI is InChI=1S/C14H9ClN2O3S.C7H17NO5/c15-8-3-1-2-7(4-8)5-11-16-12(18)9-6-10(14(19)20)21-13(9)17-11;1-8-2-4(10)6(12)7(13)5(11)3-9/h1-4,6H,5H2,(H,19,20)(H,16,17,18);4-13H,2-3H2,1H3/t;4-,5+,6+,7+/m.0/s1. The molecule has 0 aliphatic carbocycles. The Labute approximate surface area is 202 Å². The molecule has 34 heavy (non-hydrogen) atoms. The predicted molar refractivity (Wildman–Crippen MR) is 126 cm³/mol. The molecular formula is C21H26ClN3O8S. The number of hydrogen-bond donors (Lipinski definition) is 8. The molecule has 8 N–H and O–H groups in total. The molecule has 0 amide bonds. The number of thiophene rings is 1. The number of likely N-dealkylation sites (N-methyl/N-ethyl adjacent to an activating group) is 1. The maximum atomic E-state index is 12.0. The number of aliphatic hydroxyl groups excluding tert-OH is 5. The molecule has 3 rings (SSSR count). The number of aliphatic hydroxyl groups is 5. The highest BCUT2D eigenvalue weighted by Gasteiger charge is 2.29. The zero-order valence-corrected chi connectivity index (χ0v) is 19.6. The Hall–Kier alpha value is -2.42. The van der Waals surface area contributed by atoms with E-state index in [2.05, 4.69) is 15.3 Å². The number of hydrogen-bond acceptors (Lipinski definition) is 10. The van der Waals surface area contributed by atoms with Crippen LogP contribution in [0.25, 0.3) is 10.2 Å². The van der Waals surface area contributed by atoms with Crippen molar-refractivity contribution in [2.24, 2.45) is 0 Å². The SMILES string of the molecule is CNC[C@H](O)[C@@H](O)[C@H](O)[C@H](O)CO.O=C(O)c1cc2c(=O)[nH]c(Cc3cccc(Cl)c3)nc2s1. The number of carboxylic acid groups (broad SMARTS) is 1. The zero-order valence-electron chi connectivity index (χ0n) is 18.1. The van der Waals surface area contributed by atoms with Crippen molar-refractivity contribution >= 4 is 39.1 Å². The minimum Gasteiger partial charge on any atom is -0.477 e. The van der Waals surface area contributed by atoms with Gasteiger partial charge in [0.2, 0.25) is 0 Å². The second-order valence-corrected chi connectivity index (χ2v) is 8.78. The number of rotatable bonds is 9. The van der Waals surface area contributed by atoms with Crippen LogP contribution in [-0.4, -0.2) is 91.2 Å². The molecule has 13 heteroatoms. The van der Waals surface area contributed by atoms with Gasteiger partial charge in [-0.05, 0) is 30.8 Å². The lowest BCUT2D eigenvalue weighted by Crippen LogP contribution is -2.48. The summed E-state index contributed by atoms with van der Waals surface area (Å²) >= 11 is 6.91. The average Bonchev–Trinajstić information content (AvgIpc) is 3.23. The van der Waals surface area contributed by atoms with Crippen LogP contribution in [0.4, 0.5) is 0 Å². The molecule has 4 atom stereocenters. The summed E-state index contributed by atoms with van der Waals surface area (Å²) in [5.74, 6) is -0.581. The number of nitrogens with zero attached hydrogens (tertiary/aromatic N) is 1. The van der Waals surface area contributed by atoms with E-state index in [1.54, 1.807) is 19.2 Å². The van der Waals surface area contributed by atoms with Crippen LogP contribution in [0.3, 0.4) is 0 Å². The van der Waals surface area contributed by atoms with Gasteiger partial charge in [0.05, 0.1) is 18.1 Å². The second kappa shape index (κ2) is 12.9. The fourth-order valence-electron chi connectivity index (χ4n) is 2.90. The lowest BCUT2D eigenvalue weighted by molar-refractivity contribution is -0.113. The summed E-state index contributed by atoms with van der Waals surface area (Å²) in [4.78, 5) is 30.5. The topological polar surface area (TPSA) is 196 Å². The van der Waals surface area contributed by atoms with Crippen molar-refractivity contribution in [2.75, 3.05) is 20.2 Å². The summed E-state index contributed by atoms with van der Waals surface area (Å²) in [7, 11) is 1.57. The first-order valence-electron chi connectivity index (χ1n) is 10.1. The van der Waals surface area contributed by atoms with E-state index in [1.807, 2.05) is 12.1 Å². The van der Waals surface area contributed by atoms with Crippen LogP contribution in [0.1, 0.15) is 21.1 Å². The molecule has 0 bridgehead atoms. The summed E-state index contributed by atoms with van der Waals surface area (Å²) in [5, 5.41) is 57.4. The van der Waals surface area contributed by atoms with E-state index >= 15 is 0 Å². The maximum Gasteiger partial charge on any atom is 0.345 e. The molecule has 0 unspecified atom stereocenters.